The zero-order valence-electron chi connectivity index (χ0n) is 16.6. The number of hydrogen-bond donors (Lipinski definition) is 2. The summed E-state index contributed by atoms with van der Waals surface area (Å²) in [4.78, 5) is 32.6. The van der Waals surface area contributed by atoms with E-state index in [1.807, 2.05) is 0 Å². The van der Waals surface area contributed by atoms with E-state index in [9.17, 15) is 18.0 Å². The SMILES string of the molecule is CC(C(=O)Nc1ccc(S(=O)(=O)Nc2ncccn2)cc1)n1nc2c(cc1=O)CCC2. The molecule has 2 heterocycles. The first-order chi connectivity index (χ1) is 14.8. The van der Waals surface area contributed by atoms with Gasteiger partial charge in [-0.15, -0.1) is 0 Å². The van der Waals surface area contributed by atoms with Gasteiger partial charge in [-0.1, -0.05) is 0 Å². The van der Waals surface area contributed by atoms with Crippen LogP contribution in [0.3, 0.4) is 0 Å². The first-order valence-electron chi connectivity index (χ1n) is 9.66. The lowest BCUT2D eigenvalue weighted by Crippen LogP contribution is -2.34. The minimum Gasteiger partial charge on any atom is -0.324 e. The van der Waals surface area contributed by atoms with Crippen molar-refractivity contribution in [3.63, 3.8) is 0 Å². The Balaban J connectivity index is 1.46. The van der Waals surface area contributed by atoms with E-state index < -0.39 is 22.0 Å². The fraction of sp³-hybridized carbons (Fsp3) is 0.250. The number of hydrogen-bond acceptors (Lipinski definition) is 7. The normalized spacial score (nSPS) is 14.0. The number of nitrogens with one attached hydrogen (secondary N) is 2. The van der Waals surface area contributed by atoms with E-state index in [0.717, 1.165) is 30.5 Å². The predicted octanol–water partition coefficient (Wildman–Crippen LogP) is 1.52. The van der Waals surface area contributed by atoms with Crippen molar-refractivity contribution in [1.29, 1.82) is 0 Å². The van der Waals surface area contributed by atoms with Gasteiger partial charge < -0.3 is 5.32 Å². The van der Waals surface area contributed by atoms with Gasteiger partial charge in [0.1, 0.15) is 6.04 Å². The molecule has 2 aromatic heterocycles. The van der Waals surface area contributed by atoms with Crippen LogP contribution in [0, 0.1) is 0 Å². The Kier molecular flexibility index (Phi) is 5.51. The second-order valence-corrected chi connectivity index (χ2v) is 8.80. The molecule has 10 nitrogen and oxygen atoms in total. The summed E-state index contributed by atoms with van der Waals surface area (Å²) in [6.45, 7) is 1.59. The lowest BCUT2D eigenvalue weighted by molar-refractivity contribution is -0.119. The molecular weight excluding hydrogens is 420 g/mol. The van der Waals surface area contributed by atoms with E-state index in [0.29, 0.717) is 5.69 Å². The number of amides is 1. The molecule has 0 aliphatic heterocycles. The Labute approximate surface area is 178 Å². The Morgan fingerprint density at radius 3 is 2.55 bits per heavy atom. The van der Waals surface area contributed by atoms with Crippen LogP contribution in [0.4, 0.5) is 11.6 Å². The van der Waals surface area contributed by atoms with Crippen LogP contribution in [0.1, 0.15) is 30.6 Å². The van der Waals surface area contributed by atoms with Crippen LogP contribution >= 0.6 is 0 Å². The summed E-state index contributed by atoms with van der Waals surface area (Å²) in [5.41, 5.74) is 1.86. The van der Waals surface area contributed by atoms with Crippen molar-refractivity contribution >= 4 is 27.6 Å². The lowest BCUT2D eigenvalue weighted by atomic mass is 10.2. The number of carbonyl (C=O) groups excluding carboxylic acids is 1. The topological polar surface area (TPSA) is 136 Å². The molecule has 0 bridgehead atoms. The molecule has 11 heteroatoms. The van der Waals surface area contributed by atoms with Gasteiger partial charge >= 0.3 is 0 Å². The molecule has 31 heavy (non-hydrogen) atoms. The molecule has 1 aromatic carbocycles. The second kappa shape index (κ2) is 8.26. The molecule has 0 saturated heterocycles. The third-order valence-corrected chi connectivity index (χ3v) is 6.30. The molecule has 1 aliphatic rings. The Hall–Kier alpha value is -3.60. The number of sulfonamides is 1. The van der Waals surface area contributed by atoms with E-state index in [-0.39, 0.29) is 16.4 Å². The highest BCUT2D eigenvalue weighted by Crippen LogP contribution is 2.19. The van der Waals surface area contributed by atoms with Crippen LogP contribution in [0.15, 0.2) is 58.5 Å². The van der Waals surface area contributed by atoms with Crippen molar-refractivity contribution < 1.29 is 13.2 Å². The van der Waals surface area contributed by atoms with Crippen LogP contribution in [0.25, 0.3) is 0 Å². The summed E-state index contributed by atoms with van der Waals surface area (Å²) in [6, 6.07) is 7.92. The highest BCUT2D eigenvalue weighted by Gasteiger charge is 2.22. The minimum absolute atomic E-state index is 0.0116. The largest absolute Gasteiger partial charge is 0.324 e. The molecule has 1 unspecified atom stereocenters. The number of aryl methyl sites for hydroxylation is 2. The van der Waals surface area contributed by atoms with E-state index in [4.69, 9.17) is 0 Å². The number of benzene rings is 1. The first kappa shape index (κ1) is 20.7. The molecule has 1 amide bonds. The molecule has 0 radical (unpaired) electrons. The summed E-state index contributed by atoms with van der Waals surface area (Å²) in [6.07, 6.45) is 5.42. The molecular formula is C20H20N6O4S. The van der Waals surface area contributed by atoms with Gasteiger partial charge in [0.2, 0.25) is 11.9 Å². The Morgan fingerprint density at radius 1 is 1.13 bits per heavy atom. The third-order valence-electron chi connectivity index (χ3n) is 4.95. The Morgan fingerprint density at radius 2 is 1.84 bits per heavy atom. The molecule has 4 rings (SSSR count). The van der Waals surface area contributed by atoms with E-state index >= 15 is 0 Å². The zero-order chi connectivity index (χ0) is 22.0. The summed E-state index contributed by atoms with van der Waals surface area (Å²) in [7, 11) is -3.87. The molecule has 1 aliphatic carbocycles. The van der Waals surface area contributed by atoms with Gasteiger partial charge in [0, 0.05) is 24.1 Å². The standard InChI is InChI=1S/C20H20N6O4S/c1-13(26-18(27)12-14-4-2-5-17(14)24-26)19(28)23-15-6-8-16(9-7-15)31(29,30)25-20-21-10-3-11-22-20/h3,6-13H,2,4-5H2,1H3,(H,23,28)(H,21,22,25). The lowest BCUT2D eigenvalue weighted by Gasteiger charge is -2.15. The van der Waals surface area contributed by atoms with E-state index in [1.165, 1.54) is 41.3 Å². The van der Waals surface area contributed by atoms with Crippen molar-refractivity contribution in [2.24, 2.45) is 0 Å². The van der Waals surface area contributed by atoms with Crippen LogP contribution in [-0.4, -0.2) is 34.1 Å². The maximum Gasteiger partial charge on any atom is 0.267 e. The van der Waals surface area contributed by atoms with Crippen LogP contribution in [0.2, 0.25) is 0 Å². The predicted molar refractivity (Wildman–Crippen MR) is 113 cm³/mol. The highest BCUT2D eigenvalue weighted by atomic mass is 32.2. The number of anilines is 2. The number of fused-ring (bicyclic) bond motifs is 1. The number of rotatable bonds is 6. The van der Waals surface area contributed by atoms with Gasteiger partial charge in [-0.25, -0.2) is 27.8 Å². The van der Waals surface area contributed by atoms with Crippen LogP contribution < -0.4 is 15.6 Å². The summed E-state index contributed by atoms with van der Waals surface area (Å²) < 4.78 is 28.3. The van der Waals surface area contributed by atoms with Crippen molar-refractivity contribution in [2.75, 3.05) is 10.0 Å². The number of aromatic nitrogens is 4. The van der Waals surface area contributed by atoms with Gasteiger partial charge in [-0.2, -0.15) is 5.10 Å². The molecule has 0 spiro atoms. The zero-order valence-corrected chi connectivity index (χ0v) is 17.5. The smallest absolute Gasteiger partial charge is 0.267 e. The monoisotopic (exact) mass is 440 g/mol. The number of carbonyl (C=O) groups is 1. The number of nitrogens with zero attached hydrogens (tertiary/aromatic N) is 4. The van der Waals surface area contributed by atoms with Crippen molar-refractivity contribution in [3.8, 4) is 0 Å². The fourth-order valence-electron chi connectivity index (χ4n) is 3.30. The third kappa shape index (κ3) is 4.45. The van der Waals surface area contributed by atoms with E-state index in [1.54, 1.807) is 19.1 Å². The molecule has 0 saturated carbocycles. The quantitative estimate of drug-likeness (QED) is 0.593. The summed E-state index contributed by atoms with van der Waals surface area (Å²) in [5, 5.41) is 7.03. The molecule has 1 atom stereocenters. The second-order valence-electron chi connectivity index (χ2n) is 7.12. The fourth-order valence-corrected chi connectivity index (χ4v) is 4.26. The first-order valence-corrected chi connectivity index (χ1v) is 11.1. The highest BCUT2D eigenvalue weighted by molar-refractivity contribution is 7.92. The average Bonchev–Trinajstić information content (AvgIpc) is 3.20. The minimum atomic E-state index is -3.87. The van der Waals surface area contributed by atoms with Crippen LogP contribution in [0.5, 0.6) is 0 Å². The van der Waals surface area contributed by atoms with Gasteiger partial charge in [-0.3, -0.25) is 9.59 Å². The molecule has 0 fully saturated rings. The Bertz CT molecular complexity index is 1270. The molecule has 160 valence electrons. The summed E-state index contributed by atoms with van der Waals surface area (Å²) in [5.74, 6) is -0.472. The van der Waals surface area contributed by atoms with Crippen molar-refractivity contribution in [2.45, 2.75) is 37.1 Å². The molecule has 2 N–H and O–H groups in total. The van der Waals surface area contributed by atoms with Gasteiger partial charge in [0.15, 0.2) is 0 Å². The maximum atomic E-state index is 12.6. The molecule has 3 aromatic rings. The van der Waals surface area contributed by atoms with Crippen molar-refractivity contribution in [1.82, 2.24) is 19.7 Å². The van der Waals surface area contributed by atoms with Crippen molar-refractivity contribution in [3.05, 3.63) is 70.4 Å². The maximum absolute atomic E-state index is 12.6. The van der Waals surface area contributed by atoms with Gasteiger partial charge in [0.05, 0.1) is 10.6 Å². The van der Waals surface area contributed by atoms with Gasteiger partial charge in [-0.05, 0) is 62.1 Å². The van der Waals surface area contributed by atoms with Gasteiger partial charge in [0.25, 0.3) is 15.6 Å². The van der Waals surface area contributed by atoms with E-state index in [2.05, 4.69) is 25.1 Å². The summed E-state index contributed by atoms with van der Waals surface area (Å²) >= 11 is 0. The van der Waals surface area contributed by atoms with Crippen LogP contribution in [-0.2, 0) is 27.7 Å². The average molecular weight is 440 g/mol.